The van der Waals surface area contributed by atoms with Crippen LogP contribution in [-0.2, 0) is 10.0 Å². The molecule has 0 saturated carbocycles. The predicted molar refractivity (Wildman–Crippen MR) is 125 cm³/mol. The molecule has 168 valence electrons. The third kappa shape index (κ3) is 4.86. The number of methoxy groups -OCH3 is 2. The van der Waals surface area contributed by atoms with E-state index in [0.29, 0.717) is 28.4 Å². The Hall–Kier alpha value is -3.52. The number of amides is 1. The van der Waals surface area contributed by atoms with Gasteiger partial charge in [-0.25, -0.2) is 8.42 Å². The van der Waals surface area contributed by atoms with E-state index in [1.807, 2.05) is 26.8 Å². The fourth-order valence-electron chi connectivity index (χ4n) is 3.16. The van der Waals surface area contributed by atoms with E-state index in [4.69, 9.17) is 9.47 Å². The maximum absolute atomic E-state index is 12.8. The van der Waals surface area contributed by atoms with Crippen molar-refractivity contribution < 1.29 is 22.7 Å². The van der Waals surface area contributed by atoms with Crippen LogP contribution in [0.4, 0.5) is 11.4 Å². The zero-order valence-corrected chi connectivity index (χ0v) is 19.5. The molecule has 7 nitrogen and oxygen atoms in total. The average molecular weight is 455 g/mol. The number of carbonyl (C=O) groups excluding carboxylic acids is 1. The van der Waals surface area contributed by atoms with Crippen molar-refractivity contribution in [1.29, 1.82) is 0 Å². The summed E-state index contributed by atoms with van der Waals surface area (Å²) in [6.45, 7) is 5.61. The Morgan fingerprint density at radius 2 is 1.44 bits per heavy atom. The van der Waals surface area contributed by atoms with Crippen LogP contribution in [0.25, 0.3) is 0 Å². The molecule has 1 amide bonds. The van der Waals surface area contributed by atoms with Crippen molar-refractivity contribution in [3.63, 3.8) is 0 Å². The highest BCUT2D eigenvalue weighted by Crippen LogP contribution is 2.33. The lowest BCUT2D eigenvalue weighted by atomic mass is 10.1. The van der Waals surface area contributed by atoms with Crippen LogP contribution < -0.4 is 19.5 Å². The SMILES string of the molecule is COc1cc(C)c(NC(=O)c2ccc(S(=O)(=O)Nc3cccc(C)c3C)cc2)cc1OC. The first-order chi connectivity index (χ1) is 15.2. The second-order valence-electron chi connectivity index (χ2n) is 7.35. The van der Waals surface area contributed by atoms with E-state index < -0.39 is 10.0 Å². The number of anilines is 2. The third-order valence-corrected chi connectivity index (χ3v) is 6.64. The lowest BCUT2D eigenvalue weighted by molar-refractivity contribution is 0.102. The number of sulfonamides is 1. The normalized spacial score (nSPS) is 11.0. The number of rotatable bonds is 7. The molecule has 0 aliphatic heterocycles. The molecule has 0 saturated heterocycles. The van der Waals surface area contributed by atoms with Gasteiger partial charge in [0.2, 0.25) is 0 Å². The van der Waals surface area contributed by atoms with Crippen LogP contribution in [0.15, 0.2) is 59.5 Å². The summed E-state index contributed by atoms with van der Waals surface area (Å²) in [5.41, 5.74) is 4.06. The van der Waals surface area contributed by atoms with Crippen molar-refractivity contribution in [1.82, 2.24) is 0 Å². The number of aryl methyl sites for hydroxylation is 2. The summed E-state index contributed by atoms with van der Waals surface area (Å²) in [6, 6.07) is 14.6. The van der Waals surface area contributed by atoms with Crippen molar-refractivity contribution in [2.45, 2.75) is 25.7 Å². The van der Waals surface area contributed by atoms with Crippen LogP contribution in [0.1, 0.15) is 27.0 Å². The molecule has 8 heteroatoms. The third-order valence-electron chi connectivity index (χ3n) is 5.25. The van der Waals surface area contributed by atoms with Gasteiger partial charge in [0, 0.05) is 17.3 Å². The summed E-state index contributed by atoms with van der Waals surface area (Å²) in [7, 11) is -0.729. The largest absolute Gasteiger partial charge is 0.493 e. The van der Waals surface area contributed by atoms with Crippen LogP contribution >= 0.6 is 0 Å². The maximum atomic E-state index is 12.8. The molecule has 3 aromatic rings. The number of nitrogens with one attached hydrogen (secondary N) is 2. The molecule has 3 rings (SSSR count). The smallest absolute Gasteiger partial charge is 0.261 e. The zero-order chi connectivity index (χ0) is 23.5. The standard InChI is InChI=1S/C24H26N2O5S/c1-15-7-6-8-20(17(15)3)26-32(28,29)19-11-9-18(10-12-19)24(27)25-21-14-23(31-5)22(30-4)13-16(21)2/h6-14,26H,1-5H3,(H,25,27). The van der Waals surface area contributed by atoms with Gasteiger partial charge in [0.15, 0.2) is 11.5 Å². The Bertz CT molecular complexity index is 1250. The van der Waals surface area contributed by atoms with E-state index in [-0.39, 0.29) is 10.8 Å². The minimum atomic E-state index is -3.79. The van der Waals surface area contributed by atoms with Crippen molar-refractivity contribution in [2.24, 2.45) is 0 Å². The van der Waals surface area contributed by atoms with Crippen LogP contribution in [0, 0.1) is 20.8 Å². The lowest BCUT2D eigenvalue weighted by Gasteiger charge is -2.14. The molecule has 0 heterocycles. The van der Waals surface area contributed by atoms with E-state index in [0.717, 1.165) is 16.7 Å². The number of hydrogen-bond acceptors (Lipinski definition) is 5. The van der Waals surface area contributed by atoms with Gasteiger partial charge < -0.3 is 14.8 Å². The molecule has 0 fully saturated rings. The minimum Gasteiger partial charge on any atom is -0.493 e. The first kappa shape index (κ1) is 23.1. The Morgan fingerprint density at radius 1 is 0.812 bits per heavy atom. The van der Waals surface area contributed by atoms with E-state index >= 15 is 0 Å². The van der Waals surface area contributed by atoms with E-state index in [1.165, 1.54) is 31.4 Å². The minimum absolute atomic E-state index is 0.0669. The van der Waals surface area contributed by atoms with Gasteiger partial charge in [-0.1, -0.05) is 12.1 Å². The van der Waals surface area contributed by atoms with Crippen LogP contribution in [0.2, 0.25) is 0 Å². The van der Waals surface area contributed by atoms with Gasteiger partial charge in [0.25, 0.3) is 15.9 Å². The van der Waals surface area contributed by atoms with Gasteiger partial charge in [0.1, 0.15) is 0 Å². The monoisotopic (exact) mass is 454 g/mol. The summed E-state index contributed by atoms with van der Waals surface area (Å²) >= 11 is 0. The second-order valence-corrected chi connectivity index (χ2v) is 9.04. The highest BCUT2D eigenvalue weighted by Gasteiger charge is 2.17. The molecule has 32 heavy (non-hydrogen) atoms. The van der Waals surface area contributed by atoms with Crippen molar-refractivity contribution >= 4 is 27.3 Å². The van der Waals surface area contributed by atoms with Crippen molar-refractivity contribution in [2.75, 3.05) is 24.3 Å². The first-order valence-electron chi connectivity index (χ1n) is 9.89. The van der Waals surface area contributed by atoms with Gasteiger partial charge in [-0.3, -0.25) is 9.52 Å². The molecule has 0 aromatic heterocycles. The summed E-state index contributed by atoms with van der Waals surface area (Å²) in [4.78, 5) is 12.8. The molecule has 2 N–H and O–H groups in total. The van der Waals surface area contributed by atoms with Crippen LogP contribution in [0.3, 0.4) is 0 Å². The van der Waals surface area contributed by atoms with E-state index in [2.05, 4.69) is 10.0 Å². The Kier molecular flexibility index (Phi) is 6.74. The molecule has 0 atom stereocenters. The molecule has 0 radical (unpaired) electrons. The quantitative estimate of drug-likeness (QED) is 0.541. The van der Waals surface area contributed by atoms with Gasteiger partial charge in [-0.05, 0) is 73.9 Å². The number of carbonyl (C=O) groups is 1. The van der Waals surface area contributed by atoms with Crippen molar-refractivity contribution in [3.05, 3.63) is 76.9 Å². The topological polar surface area (TPSA) is 93.7 Å². The predicted octanol–water partition coefficient (Wildman–Crippen LogP) is 4.68. The fourth-order valence-corrected chi connectivity index (χ4v) is 4.28. The zero-order valence-electron chi connectivity index (χ0n) is 18.6. The molecular formula is C24H26N2O5S. The molecular weight excluding hydrogens is 428 g/mol. The highest BCUT2D eigenvalue weighted by atomic mass is 32.2. The molecule has 0 spiro atoms. The lowest BCUT2D eigenvalue weighted by Crippen LogP contribution is -2.16. The number of ether oxygens (including phenoxy) is 2. The summed E-state index contributed by atoms with van der Waals surface area (Å²) in [5, 5.41) is 2.82. The van der Waals surface area contributed by atoms with Crippen molar-refractivity contribution in [3.8, 4) is 11.5 Å². The molecule has 0 aliphatic carbocycles. The molecule has 0 bridgehead atoms. The van der Waals surface area contributed by atoms with E-state index in [1.54, 1.807) is 31.4 Å². The average Bonchev–Trinajstić information content (AvgIpc) is 2.77. The summed E-state index contributed by atoms with van der Waals surface area (Å²) < 4.78 is 38.7. The van der Waals surface area contributed by atoms with Gasteiger partial charge >= 0.3 is 0 Å². The molecule has 0 unspecified atom stereocenters. The molecule has 3 aromatic carbocycles. The Labute approximate surface area is 188 Å². The van der Waals surface area contributed by atoms with Gasteiger partial charge in [-0.2, -0.15) is 0 Å². The highest BCUT2D eigenvalue weighted by molar-refractivity contribution is 7.92. The summed E-state index contributed by atoms with van der Waals surface area (Å²) in [6.07, 6.45) is 0. The number of benzene rings is 3. The van der Waals surface area contributed by atoms with Crippen LogP contribution in [0.5, 0.6) is 11.5 Å². The van der Waals surface area contributed by atoms with Gasteiger partial charge in [-0.15, -0.1) is 0 Å². The van der Waals surface area contributed by atoms with Crippen LogP contribution in [-0.4, -0.2) is 28.5 Å². The molecule has 0 aliphatic rings. The van der Waals surface area contributed by atoms with E-state index in [9.17, 15) is 13.2 Å². The number of hydrogen-bond donors (Lipinski definition) is 2. The summed E-state index contributed by atoms with van der Waals surface area (Å²) in [5.74, 6) is 0.688. The first-order valence-corrected chi connectivity index (χ1v) is 11.4. The Balaban J connectivity index is 1.79. The fraction of sp³-hybridized carbons (Fsp3) is 0.208. The Morgan fingerprint density at radius 3 is 2.06 bits per heavy atom. The maximum Gasteiger partial charge on any atom is 0.261 e. The van der Waals surface area contributed by atoms with Gasteiger partial charge in [0.05, 0.1) is 24.8 Å². The second kappa shape index (κ2) is 9.32.